The van der Waals surface area contributed by atoms with Crippen LogP contribution in [0.1, 0.15) is 66.4 Å². The van der Waals surface area contributed by atoms with Crippen LogP contribution >= 0.6 is 0 Å². The smallest absolute Gasteiger partial charge is 0.425 e. The first-order valence-corrected chi connectivity index (χ1v) is 14.4. The maximum absolute atomic E-state index is 13.7. The molecular formula is C31H39N5O8. The van der Waals surface area contributed by atoms with Crippen molar-refractivity contribution in [1.29, 1.82) is 0 Å². The minimum Gasteiger partial charge on any atom is -0.472 e. The highest BCUT2D eigenvalue weighted by Gasteiger charge is 2.43. The topological polar surface area (TPSA) is 153 Å². The number of rotatable bonds is 7. The van der Waals surface area contributed by atoms with Gasteiger partial charge in [-0.05, 0) is 66.0 Å². The largest absolute Gasteiger partial charge is 0.472 e. The third-order valence-corrected chi connectivity index (χ3v) is 7.00. The van der Waals surface area contributed by atoms with Gasteiger partial charge >= 0.3 is 18.3 Å². The van der Waals surface area contributed by atoms with Crippen LogP contribution in [0.4, 0.5) is 20.2 Å². The fourth-order valence-corrected chi connectivity index (χ4v) is 5.01. The number of aromatic nitrogens is 3. The molecule has 1 aromatic carbocycles. The van der Waals surface area contributed by atoms with Crippen LogP contribution in [-0.4, -0.2) is 73.6 Å². The summed E-state index contributed by atoms with van der Waals surface area (Å²) in [7, 11) is 0. The molecule has 0 atom stereocenters. The highest BCUT2D eigenvalue weighted by Crippen LogP contribution is 2.41. The van der Waals surface area contributed by atoms with E-state index in [1.807, 2.05) is 30.3 Å². The molecule has 0 saturated carbocycles. The number of carboxylic acid groups (broad SMARTS) is 1. The van der Waals surface area contributed by atoms with E-state index in [4.69, 9.17) is 19.3 Å². The Hall–Kier alpha value is -4.68. The predicted octanol–water partition coefficient (Wildman–Crippen LogP) is 5.75. The first-order chi connectivity index (χ1) is 20.6. The summed E-state index contributed by atoms with van der Waals surface area (Å²) < 4.78 is 19.0. The molecule has 3 amide bonds. The van der Waals surface area contributed by atoms with Gasteiger partial charge in [-0.3, -0.25) is 4.68 Å². The minimum atomic E-state index is -1.06. The Morgan fingerprint density at radius 2 is 1.57 bits per heavy atom. The number of fused-ring (bicyclic) bond motifs is 1. The summed E-state index contributed by atoms with van der Waals surface area (Å²) in [5.74, 6) is -0.0560. The minimum absolute atomic E-state index is 0.0120. The molecule has 13 heteroatoms. The van der Waals surface area contributed by atoms with Crippen LogP contribution in [0.25, 0.3) is 10.9 Å². The lowest BCUT2D eigenvalue weighted by molar-refractivity contribution is -0.110. The van der Waals surface area contributed by atoms with Crippen molar-refractivity contribution in [2.75, 3.05) is 18.0 Å². The zero-order valence-electron chi connectivity index (χ0n) is 25.9. The molecule has 3 heterocycles. The number of anilines is 1. The van der Waals surface area contributed by atoms with E-state index in [2.05, 4.69) is 4.98 Å². The molecule has 13 nitrogen and oxygen atoms in total. The number of likely N-dealkylation sites (tertiary alicyclic amines) is 1. The van der Waals surface area contributed by atoms with Crippen LogP contribution in [0, 0.1) is 0 Å². The van der Waals surface area contributed by atoms with Gasteiger partial charge in [-0.1, -0.05) is 30.3 Å². The van der Waals surface area contributed by atoms with E-state index in [1.165, 1.54) is 11.1 Å². The molecule has 1 saturated heterocycles. The quantitative estimate of drug-likeness (QED) is 0.328. The van der Waals surface area contributed by atoms with Gasteiger partial charge in [-0.15, -0.1) is 0 Å². The summed E-state index contributed by atoms with van der Waals surface area (Å²) in [4.78, 5) is 57.5. The normalized spacial score (nSPS) is 15.0. The number of hydrogen-bond donors (Lipinski definition) is 1. The molecule has 1 aliphatic rings. The highest BCUT2D eigenvalue weighted by molar-refractivity contribution is 6.14. The number of ether oxygens (including phenoxy) is 3. The van der Waals surface area contributed by atoms with Crippen molar-refractivity contribution in [3.8, 4) is 5.88 Å². The number of hydrogen-bond acceptors (Lipinski definition) is 9. The van der Waals surface area contributed by atoms with Gasteiger partial charge in [0, 0.05) is 25.7 Å². The Morgan fingerprint density at radius 3 is 2.09 bits per heavy atom. The number of benzene rings is 1. The Morgan fingerprint density at radius 1 is 0.977 bits per heavy atom. The molecule has 0 radical (unpaired) electrons. The van der Waals surface area contributed by atoms with Gasteiger partial charge in [-0.25, -0.2) is 19.4 Å². The third-order valence-electron chi connectivity index (χ3n) is 7.00. The van der Waals surface area contributed by atoms with E-state index >= 15 is 0 Å². The Bertz CT molecular complexity index is 1490. The Labute approximate surface area is 255 Å². The molecule has 1 N–H and O–H groups in total. The van der Waals surface area contributed by atoms with E-state index in [-0.39, 0.29) is 56.0 Å². The van der Waals surface area contributed by atoms with Crippen LogP contribution in [0.5, 0.6) is 5.88 Å². The average Bonchev–Trinajstić information content (AvgIpc) is 3.31. The number of amides is 3. The van der Waals surface area contributed by atoms with Gasteiger partial charge in [0.25, 0.3) is 0 Å². The number of pyridine rings is 1. The second kappa shape index (κ2) is 12.5. The van der Waals surface area contributed by atoms with Crippen molar-refractivity contribution in [3.05, 3.63) is 48.2 Å². The van der Waals surface area contributed by atoms with E-state index in [0.29, 0.717) is 10.4 Å². The molecule has 2 aromatic heterocycles. The average molecular weight is 610 g/mol. The number of nitrogens with zero attached hydrogens (tertiary/aromatic N) is 5. The van der Waals surface area contributed by atoms with Crippen LogP contribution < -0.4 is 9.64 Å². The molecule has 0 spiro atoms. The SMILES string of the molecule is CC(C)(C)OC(=O)N(C(=O)OC(C)(C)C)c1nn(C2(CC=O)CCN(C(=O)O)CC2)c2ccnc(OCc3ccccc3)c12. The molecule has 0 unspecified atom stereocenters. The summed E-state index contributed by atoms with van der Waals surface area (Å²) in [6.07, 6.45) is -0.308. The molecule has 236 valence electrons. The molecular weight excluding hydrogens is 570 g/mol. The van der Waals surface area contributed by atoms with Gasteiger partial charge in [0.05, 0.1) is 11.1 Å². The standard InChI is InChI=1S/C31H39N5O8/c1-29(2,3)43-27(40)35(28(41)44-30(4,5)6)24-23-22(12-16-32-25(23)42-20-21-10-8-7-9-11-21)36(33-24)31(15-19-37)13-17-34(18-14-31)26(38)39/h7-12,16,19H,13-15,17-18,20H2,1-6H3,(H,38,39). The summed E-state index contributed by atoms with van der Waals surface area (Å²) in [6, 6.07) is 11.0. The number of carbonyl (C=O) groups excluding carboxylic acids is 3. The lowest BCUT2D eigenvalue weighted by atomic mass is 9.85. The first kappa shape index (κ1) is 32.2. The lowest BCUT2D eigenvalue weighted by Crippen LogP contribution is -2.48. The summed E-state index contributed by atoms with van der Waals surface area (Å²) in [5, 5.41) is 14.6. The molecule has 0 bridgehead atoms. The van der Waals surface area contributed by atoms with Crippen LogP contribution in [0.3, 0.4) is 0 Å². The molecule has 4 rings (SSSR count). The van der Waals surface area contributed by atoms with Gasteiger partial charge in [0.1, 0.15) is 29.5 Å². The third kappa shape index (κ3) is 7.26. The van der Waals surface area contributed by atoms with E-state index in [9.17, 15) is 24.3 Å². The number of aldehydes is 1. The first-order valence-electron chi connectivity index (χ1n) is 14.4. The zero-order valence-corrected chi connectivity index (χ0v) is 25.9. The molecule has 3 aromatic rings. The van der Waals surface area contributed by atoms with Gasteiger partial charge < -0.3 is 29.0 Å². The fraction of sp³-hybridized carbons (Fsp3) is 0.484. The second-order valence-electron chi connectivity index (χ2n) is 12.7. The van der Waals surface area contributed by atoms with E-state index in [1.54, 1.807) is 52.3 Å². The Balaban J connectivity index is 1.94. The maximum atomic E-state index is 13.7. The van der Waals surface area contributed by atoms with Crippen molar-refractivity contribution in [1.82, 2.24) is 19.7 Å². The van der Waals surface area contributed by atoms with E-state index in [0.717, 1.165) is 11.8 Å². The van der Waals surface area contributed by atoms with Crippen molar-refractivity contribution < 1.29 is 38.5 Å². The molecule has 44 heavy (non-hydrogen) atoms. The van der Waals surface area contributed by atoms with Crippen molar-refractivity contribution in [2.24, 2.45) is 0 Å². The van der Waals surface area contributed by atoms with Crippen LogP contribution in [-0.2, 0) is 26.4 Å². The van der Waals surface area contributed by atoms with Gasteiger partial charge in [0.15, 0.2) is 5.82 Å². The monoisotopic (exact) mass is 609 g/mol. The van der Waals surface area contributed by atoms with Crippen molar-refractivity contribution >= 4 is 41.3 Å². The predicted molar refractivity (Wildman–Crippen MR) is 161 cm³/mol. The van der Waals surface area contributed by atoms with Gasteiger partial charge in [-0.2, -0.15) is 10.00 Å². The molecule has 1 aliphatic heterocycles. The van der Waals surface area contributed by atoms with Crippen molar-refractivity contribution in [2.45, 2.75) is 84.2 Å². The van der Waals surface area contributed by atoms with Crippen molar-refractivity contribution in [3.63, 3.8) is 0 Å². The van der Waals surface area contributed by atoms with E-state index < -0.39 is 35.0 Å². The summed E-state index contributed by atoms with van der Waals surface area (Å²) in [5.41, 5.74) is -1.61. The summed E-state index contributed by atoms with van der Waals surface area (Å²) in [6.45, 7) is 10.4. The molecule has 0 aliphatic carbocycles. The Kier molecular flexibility index (Phi) is 9.17. The highest BCUT2D eigenvalue weighted by atomic mass is 16.6. The summed E-state index contributed by atoms with van der Waals surface area (Å²) >= 11 is 0. The van der Waals surface area contributed by atoms with Gasteiger partial charge in [0.2, 0.25) is 5.88 Å². The second-order valence-corrected chi connectivity index (χ2v) is 12.7. The lowest BCUT2D eigenvalue weighted by Gasteiger charge is -2.40. The van der Waals surface area contributed by atoms with Crippen LogP contribution in [0.15, 0.2) is 42.6 Å². The maximum Gasteiger partial charge on any atom is 0.425 e. The zero-order chi connectivity index (χ0) is 32.3. The number of piperidine rings is 1. The molecule has 1 fully saturated rings. The fourth-order valence-electron chi connectivity index (χ4n) is 5.01. The number of imide groups is 1. The number of carbonyl (C=O) groups is 4. The van der Waals surface area contributed by atoms with Crippen LogP contribution in [0.2, 0.25) is 0 Å².